The minimum atomic E-state index is -1.20. The van der Waals surface area contributed by atoms with E-state index in [0.29, 0.717) is 13.1 Å². The Morgan fingerprint density at radius 2 is 2.29 bits per heavy atom. The summed E-state index contributed by atoms with van der Waals surface area (Å²) in [4.78, 5) is 4.01. The van der Waals surface area contributed by atoms with Crippen LogP contribution in [0.2, 0.25) is 0 Å². The molecule has 2 N–H and O–H groups in total. The number of alkyl halides is 1. The first-order valence-electron chi connectivity index (χ1n) is 4.91. The summed E-state index contributed by atoms with van der Waals surface area (Å²) < 4.78 is 15.2. The highest BCUT2D eigenvalue weighted by Gasteiger charge is 2.17. The molecule has 0 saturated heterocycles. The van der Waals surface area contributed by atoms with Gasteiger partial charge in [-0.05, 0) is 33.2 Å². The van der Waals surface area contributed by atoms with Crippen LogP contribution in [0.4, 0.5) is 4.39 Å². The molecule has 3 nitrogen and oxygen atoms in total. The number of nitrogens with two attached hydrogens (primary N) is 1. The van der Waals surface area contributed by atoms with Gasteiger partial charge in [0.1, 0.15) is 5.67 Å². The molecule has 0 aliphatic carbocycles. The Morgan fingerprint density at radius 1 is 1.57 bits per heavy atom. The van der Waals surface area contributed by atoms with Crippen molar-refractivity contribution in [2.24, 2.45) is 5.73 Å². The number of halogens is 1. The Bertz CT molecular complexity index is 275. The molecule has 0 atom stereocenters. The van der Waals surface area contributed by atoms with Crippen LogP contribution in [0.15, 0.2) is 12.5 Å². The van der Waals surface area contributed by atoms with Gasteiger partial charge in [0.15, 0.2) is 0 Å². The van der Waals surface area contributed by atoms with Crippen molar-refractivity contribution >= 4 is 0 Å². The van der Waals surface area contributed by atoms with Gasteiger partial charge in [-0.25, -0.2) is 9.37 Å². The zero-order valence-electron chi connectivity index (χ0n) is 8.83. The maximum absolute atomic E-state index is 13.4. The summed E-state index contributed by atoms with van der Waals surface area (Å²) in [5.41, 5.74) is 5.28. The first kappa shape index (κ1) is 11.2. The number of aromatic nitrogens is 2. The lowest BCUT2D eigenvalue weighted by atomic mass is 10.1. The largest absolute Gasteiger partial charge is 0.331 e. The third-order valence-electron chi connectivity index (χ3n) is 1.98. The number of aryl methyl sites for hydroxylation is 1. The van der Waals surface area contributed by atoms with E-state index < -0.39 is 5.67 Å². The molecule has 80 valence electrons. The van der Waals surface area contributed by atoms with Gasteiger partial charge >= 0.3 is 0 Å². The molecule has 0 radical (unpaired) electrons. The zero-order chi connectivity index (χ0) is 10.6. The van der Waals surface area contributed by atoms with Crippen molar-refractivity contribution in [1.82, 2.24) is 9.55 Å². The first-order chi connectivity index (χ1) is 6.53. The van der Waals surface area contributed by atoms with Gasteiger partial charge in [0.2, 0.25) is 0 Å². The van der Waals surface area contributed by atoms with Crippen LogP contribution in [0, 0.1) is 0 Å². The van der Waals surface area contributed by atoms with Crippen LogP contribution in [-0.4, -0.2) is 21.8 Å². The maximum Gasteiger partial charge on any atom is 0.123 e. The van der Waals surface area contributed by atoms with E-state index in [1.807, 2.05) is 4.57 Å². The second-order valence-electron chi connectivity index (χ2n) is 4.12. The second kappa shape index (κ2) is 4.55. The van der Waals surface area contributed by atoms with Crippen LogP contribution < -0.4 is 5.73 Å². The number of imidazole rings is 1. The van der Waals surface area contributed by atoms with Gasteiger partial charge in [0, 0.05) is 11.9 Å². The second-order valence-corrected chi connectivity index (χ2v) is 4.12. The van der Waals surface area contributed by atoms with Gasteiger partial charge in [-0.2, -0.15) is 0 Å². The predicted molar refractivity (Wildman–Crippen MR) is 54.8 cm³/mol. The molecule has 0 aliphatic heterocycles. The summed E-state index contributed by atoms with van der Waals surface area (Å²) in [6.45, 7) is 4.15. The van der Waals surface area contributed by atoms with Crippen molar-refractivity contribution in [3.63, 3.8) is 0 Å². The topological polar surface area (TPSA) is 43.8 Å². The average molecular weight is 199 g/mol. The fourth-order valence-corrected chi connectivity index (χ4v) is 1.39. The maximum atomic E-state index is 13.4. The number of hydrogen-bond donors (Lipinski definition) is 1. The highest BCUT2D eigenvalue weighted by atomic mass is 19.1. The lowest BCUT2D eigenvalue weighted by molar-refractivity contribution is 0.184. The SMILES string of the molecule is CC(C)(F)Cn1cncc1CCCN. The summed E-state index contributed by atoms with van der Waals surface area (Å²) in [6.07, 6.45) is 5.24. The molecular formula is C10H18FN3. The van der Waals surface area contributed by atoms with Crippen molar-refractivity contribution in [3.8, 4) is 0 Å². The molecule has 0 unspecified atom stereocenters. The number of nitrogens with zero attached hydrogens (tertiary/aromatic N) is 2. The highest BCUT2D eigenvalue weighted by Crippen LogP contribution is 2.14. The van der Waals surface area contributed by atoms with Crippen LogP contribution >= 0.6 is 0 Å². The van der Waals surface area contributed by atoms with E-state index in [1.54, 1.807) is 26.4 Å². The summed E-state index contributed by atoms with van der Waals surface area (Å²) in [5.74, 6) is 0. The fourth-order valence-electron chi connectivity index (χ4n) is 1.39. The van der Waals surface area contributed by atoms with E-state index in [4.69, 9.17) is 5.73 Å². The van der Waals surface area contributed by atoms with E-state index in [9.17, 15) is 4.39 Å². The highest BCUT2D eigenvalue weighted by molar-refractivity contribution is 4.99. The van der Waals surface area contributed by atoms with E-state index in [1.165, 1.54) is 0 Å². The molecule has 1 rings (SSSR count). The van der Waals surface area contributed by atoms with Crippen molar-refractivity contribution in [2.45, 2.75) is 38.9 Å². The lowest BCUT2D eigenvalue weighted by Crippen LogP contribution is -2.21. The molecule has 0 spiro atoms. The average Bonchev–Trinajstić information content (AvgIpc) is 2.45. The van der Waals surface area contributed by atoms with Gasteiger partial charge in [-0.15, -0.1) is 0 Å². The third-order valence-corrected chi connectivity index (χ3v) is 1.98. The Balaban J connectivity index is 2.63. The quantitative estimate of drug-likeness (QED) is 0.781. The molecule has 0 aliphatic rings. The van der Waals surface area contributed by atoms with Crippen molar-refractivity contribution in [3.05, 3.63) is 18.2 Å². The summed E-state index contributed by atoms with van der Waals surface area (Å²) in [7, 11) is 0. The normalized spacial score (nSPS) is 12.0. The molecule has 1 aromatic rings. The molecule has 0 bridgehead atoms. The third kappa shape index (κ3) is 3.46. The first-order valence-corrected chi connectivity index (χ1v) is 4.91. The summed E-state index contributed by atoms with van der Waals surface area (Å²) >= 11 is 0. The number of hydrogen-bond acceptors (Lipinski definition) is 2. The van der Waals surface area contributed by atoms with Crippen LogP contribution in [-0.2, 0) is 13.0 Å². The van der Waals surface area contributed by atoms with Gasteiger partial charge in [-0.3, -0.25) is 0 Å². The molecule has 0 amide bonds. The fraction of sp³-hybridized carbons (Fsp3) is 0.700. The van der Waals surface area contributed by atoms with Crippen molar-refractivity contribution < 1.29 is 4.39 Å². The molecule has 0 aromatic carbocycles. The Hall–Kier alpha value is -0.900. The molecule has 0 saturated carbocycles. The Morgan fingerprint density at radius 3 is 2.86 bits per heavy atom. The summed E-state index contributed by atoms with van der Waals surface area (Å²) in [5, 5.41) is 0. The van der Waals surface area contributed by atoms with E-state index in [-0.39, 0.29) is 0 Å². The van der Waals surface area contributed by atoms with Gasteiger partial charge in [0.05, 0.1) is 12.9 Å². The minimum absolute atomic E-state index is 0.354. The van der Waals surface area contributed by atoms with Crippen LogP contribution in [0.5, 0.6) is 0 Å². The predicted octanol–water partition coefficient (Wildman–Crippen LogP) is 1.52. The molecular weight excluding hydrogens is 181 g/mol. The molecule has 0 fully saturated rings. The molecule has 1 heterocycles. The van der Waals surface area contributed by atoms with E-state index in [2.05, 4.69) is 4.98 Å². The van der Waals surface area contributed by atoms with Gasteiger partial charge in [0.25, 0.3) is 0 Å². The van der Waals surface area contributed by atoms with Crippen LogP contribution in [0.25, 0.3) is 0 Å². The number of rotatable bonds is 5. The molecule has 14 heavy (non-hydrogen) atoms. The van der Waals surface area contributed by atoms with E-state index in [0.717, 1.165) is 18.5 Å². The van der Waals surface area contributed by atoms with Crippen LogP contribution in [0.3, 0.4) is 0 Å². The minimum Gasteiger partial charge on any atom is -0.331 e. The summed E-state index contributed by atoms with van der Waals surface area (Å²) in [6, 6.07) is 0. The Kier molecular flexibility index (Phi) is 3.63. The van der Waals surface area contributed by atoms with E-state index >= 15 is 0 Å². The van der Waals surface area contributed by atoms with Crippen molar-refractivity contribution in [1.29, 1.82) is 0 Å². The molecule has 1 aromatic heterocycles. The lowest BCUT2D eigenvalue weighted by Gasteiger charge is -2.16. The molecule has 4 heteroatoms. The van der Waals surface area contributed by atoms with Gasteiger partial charge < -0.3 is 10.3 Å². The smallest absolute Gasteiger partial charge is 0.123 e. The van der Waals surface area contributed by atoms with Crippen molar-refractivity contribution in [2.75, 3.05) is 6.54 Å². The standard InChI is InChI=1S/C10H18FN3/c1-10(2,11)7-14-8-13-6-9(14)4-3-5-12/h6,8H,3-5,7,12H2,1-2H3. The van der Waals surface area contributed by atoms with Crippen LogP contribution in [0.1, 0.15) is 26.0 Å². The monoisotopic (exact) mass is 199 g/mol. The van der Waals surface area contributed by atoms with Gasteiger partial charge in [-0.1, -0.05) is 0 Å². The zero-order valence-corrected chi connectivity index (χ0v) is 8.83. The Labute approximate surface area is 84.1 Å².